The number of sulfonamides is 1. The summed E-state index contributed by atoms with van der Waals surface area (Å²) in [5.74, 6) is 0.535. The van der Waals surface area contributed by atoms with Crippen molar-refractivity contribution >= 4 is 15.7 Å². The average molecular weight is 398 g/mol. The number of rotatable bonds is 5. The molecule has 0 unspecified atom stereocenters. The predicted molar refractivity (Wildman–Crippen MR) is 90.2 cm³/mol. The van der Waals surface area contributed by atoms with E-state index in [2.05, 4.69) is 14.7 Å². The molecule has 0 fully saturated rings. The van der Waals surface area contributed by atoms with Crippen molar-refractivity contribution in [3.63, 3.8) is 0 Å². The van der Waals surface area contributed by atoms with Gasteiger partial charge in [0.15, 0.2) is 5.03 Å². The molecule has 3 rings (SSSR count). The zero-order valence-corrected chi connectivity index (χ0v) is 14.6. The second-order valence-corrected chi connectivity index (χ2v) is 6.97. The Morgan fingerprint density at radius 2 is 1.78 bits per heavy atom. The van der Waals surface area contributed by atoms with E-state index in [4.69, 9.17) is 4.74 Å². The van der Waals surface area contributed by atoms with E-state index in [0.29, 0.717) is 11.9 Å². The van der Waals surface area contributed by atoms with Crippen molar-refractivity contribution in [3.8, 4) is 11.6 Å². The van der Waals surface area contributed by atoms with Crippen LogP contribution in [0.1, 0.15) is 5.56 Å². The van der Waals surface area contributed by atoms with Crippen LogP contribution in [-0.2, 0) is 16.2 Å². The lowest BCUT2D eigenvalue weighted by molar-refractivity contribution is -0.137. The third kappa shape index (κ3) is 4.03. The molecule has 0 spiro atoms. The Morgan fingerprint density at radius 3 is 2.33 bits per heavy atom. The molecule has 11 heteroatoms. The molecule has 0 amide bonds. The summed E-state index contributed by atoms with van der Waals surface area (Å²) >= 11 is 0. The van der Waals surface area contributed by atoms with Gasteiger partial charge in [-0.2, -0.15) is 21.6 Å². The van der Waals surface area contributed by atoms with Crippen molar-refractivity contribution in [1.29, 1.82) is 0 Å². The number of halogens is 3. The van der Waals surface area contributed by atoms with Crippen molar-refractivity contribution in [2.45, 2.75) is 11.2 Å². The van der Waals surface area contributed by atoms with Crippen LogP contribution < -0.4 is 9.46 Å². The molecule has 0 radical (unpaired) electrons. The Kier molecular flexibility index (Phi) is 4.79. The molecule has 7 nitrogen and oxygen atoms in total. The van der Waals surface area contributed by atoms with Crippen LogP contribution in [0.5, 0.6) is 5.75 Å². The molecule has 3 aromatic rings. The van der Waals surface area contributed by atoms with Crippen LogP contribution in [0.3, 0.4) is 0 Å². The summed E-state index contributed by atoms with van der Waals surface area (Å²) in [4.78, 5) is 7.45. The molecule has 1 N–H and O–H groups in total. The van der Waals surface area contributed by atoms with E-state index in [1.165, 1.54) is 19.2 Å². The molecule has 0 aliphatic carbocycles. The summed E-state index contributed by atoms with van der Waals surface area (Å²) in [6.45, 7) is 0. The van der Waals surface area contributed by atoms with Crippen LogP contribution in [0.15, 0.2) is 60.1 Å². The zero-order valence-electron chi connectivity index (χ0n) is 13.8. The number of ether oxygens (including phenoxy) is 1. The van der Waals surface area contributed by atoms with Crippen molar-refractivity contribution in [2.75, 3.05) is 11.8 Å². The maximum atomic E-state index is 12.7. The van der Waals surface area contributed by atoms with Gasteiger partial charge in [-0.25, -0.2) is 9.97 Å². The van der Waals surface area contributed by atoms with Crippen LogP contribution in [0, 0.1) is 0 Å². The van der Waals surface area contributed by atoms with Gasteiger partial charge in [-0.3, -0.25) is 9.29 Å². The number of alkyl halides is 3. The van der Waals surface area contributed by atoms with Crippen molar-refractivity contribution < 1.29 is 26.3 Å². The van der Waals surface area contributed by atoms with Crippen LogP contribution >= 0.6 is 0 Å². The van der Waals surface area contributed by atoms with E-state index in [1.807, 2.05) is 0 Å². The molecule has 2 heterocycles. The van der Waals surface area contributed by atoms with E-state index in [0.717, 1.165) is 29.2 Å². The normalized spacial score (nSPS) is 12.0. The monoisotopic (exact) mass is 398 g/mol. The number of methoxy groups -OCH3 is 1. The van der Waals surface area contributed by atoms with Crippen molar-refractivity contribution in [1.82, 2.24) is 14.5 Å². The van der Waals surface area contributed by atoms with E-state index >= 15 is 0 Å². The molecule has 0 saturated carbocycles. The fourth-order valence-corrected chi connectivity index (χ4v) is 3.37. The fourth-order valence-electron chi connectivity index (χ4n) is 2.22. The summed E-state index contributed by atoms with van der Waals surface area (Å²) in [7, 11) is -2.58. The zero-order chi connectivity index (χ0) is 19.7. The quantitative estimate of drug-likeness (QED) is 0.714. The Labute approximate surface area is 152 Å². The summed E-state index contributed by atoms with van der Waals surface area (Å²) in [6.07, 6.45) is -1.68. The van der Waals surface area contributed by atoms with E-state index in [9.17, 15) is 21.6 Å². The Morgan fingerprint density at radius 1 is 1.07 bits per heavy atom. The van der Waals surface area contributed by atoms with Crippen LogP contribution in [0.25, 0.3) is 5.82 Å². The lowest BCUT2D eigenvalue weighted by Gasteiger charge is -2.11. The van der Waals surface area contributed by atoms with Gasteiger partial charge in [-0.1, -0.05) is 0 Å². The highest BCUT2D eigenvalue weighted by molar-refractivity contribution is 7.92. The molecular formula is C16H13F3N4O3S. The minimum absolute atomic E-state index is 0.0180. The van der Waals surface area contributed by atoms with Gasteiger partial charge >= 0.3 is 6.18 Å². The summed E-state index contributed by atoms with van der Waals surface area (Å²) < 4.78 is 71.7. The van der Waals surface area contributed by atoms with E-state index < -0.39 is 21.8 Å². The number of pyridine rings is 1. The molecule has 0 atom stereocenters. The second kappa shape index (κ2) is 6.91. The molecule has 0 aliphatic rings. The number of nitrogens with zero attached hydrogens (tertiary/aromatic N) is 3. The Hall–Kier alpha value is -3.08. The molecular weight excluding hydrogens is 385 g/mol. The van der Waals surface area contributed by atoms with Gasteiger partial charge in [-0.05, 0) is 36.4 Å². The second-order valence-electron chi connectivity index (χ2n) is 5.34. The average Bonchev–Trinajstić information content (AvgIpc) is 3.12. The summed E-state index contributed by atoms with van der Waals surface area (Å²) in [5, 5.41) is -0.273. The first-order valence-electron chi connectivity index (χ1n) is 7.43. The highest BCUT2D eigenvalue weighted by Gasteiger charge is 2.31. The highest BCUT2D eigenvalue weighted by atomic mass is 32.2. The highest BCUT2D eigenvalue weighted by Crippen LogP contribution is 2.29. The lowest BCUT2D eigenvalue weighted by Crippen LogP contribution is -2.17. The van der Waals surface area contributed by atoms with E-state index in [1.54, 1.807) is 12.1 Å². The number of nitrogens with one attached hydrogen (secondary N) is 1. The minimum atomic E-state index is -4.54. The topological polar surface area (TPSA) is 86.1 Å². The van der Waals surface area contributed by atoms with Crippen molar-refractivity contribution in [3.05, 3.63) is 60.7 Å². The standard InChI is InChI=1S/C16H13F3N4O3S/c1-26-13-5-3-12(4-6-13)22-27(24,25)15-9-20-10-23(15)14-7-2-11(8-21-14)16(17,18)19/h2-10,22H,1H3. The van der Waals surface area contributed by atoms with Gasteiger partial charge in [0.05, 0.1) is 18.9 Å². The van der Waals surface area contributed by atoms with Gasteiger partial charge < -0.3 is 4.74 Å². The van der Waals surface area contributed by atoms with Gasteiger partial charge in [0.25, 0.3) is 10.0 Å². The first-order chi connectivity index (χ1) is 12.7. The third-order valence-electron chi connectivity index (χ3n) is 3.54. The van der Waals surface area contributed by atoms with Gasteiger partial charge in [0.1, 0.15) is 17.9 Å². The molecule has 0 aliphatic heterocycles. The number of imidazole rings is 1. The smallest absolute Gasteiger partial charge is 0.417 e. The SMILES string of the molecule is COc1ccc(NS(=O)(=O)c2cncn2-c2ccc(C(F)(F)F)cn2)cc1. The van der Waals surface area contributed by atoms with Crippen LogP contribution in [-0.4, -0.2) is 30.1 Å². The minimum Gasteiger partial charge on any atom is -0.497 e. The predicted octanol–water partition coefficient (Wildman–Crippen LogP) is 3.10. The fraction of sp³-hybridized carbons (Fsp3) is 0.125. The van der Waals surface area contributed by atoms with Gasteiger partial charge in [-0.15, -0.1) is 0 Å². The lowest BCUT2D eigenvalue weighted by atomic mass is 10.3. The summed E-state index contributed by atoms with van der Waals surface area (Å²) in [5.41, 5.74) is -0.656. The number of anilines is 1. The molecule has 2 aromatic heterocycles. The maximum absolute atomic E-state index is 12.7. The molecule has 27 heavy (non-hydrogen) atoms. The Balaban J connectivity index is 1.91. The maximum Gasteiger partial charge on any atom is 0.417 e. The van der Waals surface area contributed by atoms with Crippen LogP contribution in [0.4, 0.5) is 18.9 Å². The molecule has 1 aromatic carbocycles. The first kappa shape index (κ1) is 18.7. The Bertz CT molecular complexity index is 1030. The number of hydrogen-bond donors (Lipinski definition) is 1. The van der Waals surface area contributed by atoms with Crippen LogP contribution in [0.2, 0.25) is 0 Å². The molecule has 142 valence electrons. The third-order valence-corrected chi connectivity index (χ3v) is 4.90. The number of benzene rings is 1. The number of aromatic nitrogens is 3. The van der Waals surface area contributed by atoms with E-state index in [-0.39, 0.29) is 16.5 Å². The molecule has 0 saturated heterocycles. The largest absolute Gasteiger partial charge is 0.497 e. The van der Waals surface area contributed by atoms with Gasteiger partial charge in [0.2, 0.25) is 0 Å². The number of hydrogen-bond acceptors (Lipinski definition) is 5. The van der Waals surface area contributed by atoms with Crippen molar-refractivity contribution in [2.24, 2.45) is 0 Å². The first-order valence-corrected chi connectivity index (χ1v) is 8.92. The summed E-state index contributed by atoms with van der Waals surface area (Å²) in [6, 6.07) is 8.05. The van der Waals surface area contributed by atoms with Gasteiger partial charge in [0, 0.05) is 11.9 Å². The molecule has 0 bridgehead atoms.